The number of aromatic nitrogens is 1. The maximum absolute atomic E-state index is 12.1. The number of hydrogen-bond acceptors (Lipinski definition) is 3. The van der Waals surface area contributed by atoms with Gasteiger partial charge in [-0.05, 0) is 43.7 Å². The topological polar surface area (TPSA) is 68.0 Å². The van der Waals surface area contributed by atoms with Crippen LogP contribution in [-0.4, -0.2) is 10.9 Å². The highest BCUT2D eigenvalue weighted by atomic mass is 16.1. The zero-order valence-electron chi connectivity index (χ0n) is 10.4. The quantitative estimate of drug-likeness (QED) is 0.794. The molecule has 1 heterocycles. The highest BCUT2D eigenvalue weighted by Crippen LogP contribution is 2.15. The van der Waals surface area contributed by atoms with Crippen LogP contribution in [0.25, 0.3) is 0 Å². The normalized spacial score (nSPS) is 10.1. The molecule has 0 aliphatic rings. The van der Waals surface area contributed by atoms with Gasteiger partial charge in [-0.1, -0.05) is 11.6 Å². The number of hydrogen-bond donors (Lipinski definition) is 2. The van der Waals surface area contributed by atoms with Gasteiger partial charge in [-0.2, -0.15) is 0 Å². The first-order valence-corrected chi connectivity index (χ1v) is 5.66. The van der Waals surface area contributed by atoms with Crippen LogP contribution in [0.15, 0.2) is 36.5 Å². The van der Waals surface area contributed by atoms with E-state index in [2.05, 4.69) is 10.3 Å². The van der Waals surface area contributed by atoms with E-state index in [1.165, 1.54) is 0 Å². The van der Waals surface area contributed by atoms with Gasteiger partial charge in [0, 0.05) is 11.9 Å². The number of nitrogens with one attached hydrogen (secondary N) is 1. The van der Waals surface area contributed by atoms with Crippen molar-refractivity contribution < 1.29 is 4.79 Å². The molecule has 92 valence electrons. The average molecular weight is 241 g/mol. The summed E-state index contributed by atoms with van der Waals surface area (Å²) >= 11 is 0. The molecule has 0 atom stereocenters. The number of carbonyl (C=O) groups is 1. The van der Waals surface area contributed by atoms with Crippen molar-refractivity contribution in [3.63, 3.8) is 0 Å². The van der Waals surface area contributed by atoms with Crippen molar-refractivity contribution in [3.05, 3.63) is 53.2 Å². The van der Waals surface area contributed by atoms with E-state index in [-0.39, 0.29) is 5.91 Å². The third-order valence-corrected chi connectivity index (χ3v) is 2.61. The summed E-state index contributed by atoms with van der Waals surface area (Å²) in [5.41, 5.74) is 8.76. The van der Waals surface area contributed by atoms with E-state index in [1.807, 2.05) is 32.0 Å². The van der Waals surface area contributed by atoms with Gasteiger partial charge in [0.15, 0.2) is 0 Å². The predicted molar refractivity (Wildman–Crippen MR) is 72.5 cm³/mol. The van der Waals surface area contributed by atoms with Crippen LogP contribution in [0.2, 0.25) is 0 Å². The van der Waals surface area contributed by atoms with Crippen molar-refractivity contribution in [1.82, 2.24) is 4.98 Å². The molecule has 1 aromatic heterocycles. The molecule has 0 unspecified atom stereocenters. The Morgan fingerprint density at radius 3 is 2.61 bits per heavy atom. The van der Waals surface area contributed by atoms with Crippen LogP contribution in [0.3, 0.4) is 0 Å². The largest absolute Gasteiger partial charge is 0.398 e. The predicted octanol–water partition coefficient (Wildman–Crippen LogP) is 2.53. The molecule has 18 heavy (non-hydrogen) atoms. The van der Waals surface area contributed by atoms with Gasteiger partial charge in [0.1, 0.15) is 5.82 Å². The summed E-state index contributed by atoms with van der Waals surface area (Å²) in [5, 5.41) is 2.74. The highest BCUT2D eigenvalue weighted by Gasteiger charge is 2.10. The molecule has 0 fully saturated rings. The fourth-order valence-electron chi connectivity index (χ4n) is 1.65. The number of nitrogens with two attached hydrogens (primary N) is 1. The highest BCUT2D eigenvalue weighted by molar-refractivity contribution is 6.07. The van der Waals surface area contributed by atoms with Gasteiger partial charge in [0.25, 0.3) is 5.91 Å². The molecule has 2 aromatic rings. The molecule has 2 rings (SSSR count). The third-order valence-electron chi connectivity index (χ3n) is 2.61. The molecule has 4 heteroatoms. The van der Waals surface area contributed by atoms with Gasteiger partial charge < -0.3 is 11.1 Å². The second-order valence-corrected chi connectivity index (χ2v) is 4.26. The Hall–Kier alpha value is -2.36. The Labute approximate surface area is 106 Å². The van der Waals surface area contributed by atoms with Crippen LogP contribution in [0.1, 0.15) is 21.5 Å². The summed E-state index contributed by atoms with van der Waals surface area (Å²) in [6.45, 7) is 3.86. The molecule has 1 aromatic carbocycles. The minimum atomic E-state index is -0.241. The molecule has 0 aliphatic heterocycles. The Kier molecular flexibility index (Phi) is 3.28. The summed E-state index contributed by atoms with van der Waals surface area (Å²) in [5.74, 6) is 0.287. The zero-order valence-corrected chi connectivity index (χ0v) is 10.4. The summed E-state index contributed by atoms with van der Waals surface area (Å²) in [4.78, 5) is 16.2. The molecule has 3 N–H and O–H groups in total. The Morgan fingerprint density at radius 2 is 1.89 bits per heavy atom. The zero-order chi connectivity index (χ0) is 13.1. The van der Waals surface area contributed by atoms with Gasteiger partial charge >= 0.3 is 0 Å². The lowest BCUT2D eigenvalue weighted by Crippen LogP contribution is -2.15. The number of pyridine rings is 1. The Morgan fingerprint density at radius 1 is 1.17 bits per heavy atom. The smallest absolute Gasteiger partial charge is 0.258 e. The van der Waals surface area contributed by atoms with Crippen LogP contribution >= 0.6 is 0 Å². The molecule has 0 spiro atoms. The Balaban J connectivity index is 2.24. The van der Waals surface area contributed by atoms with Gasteiger partial charge in [-0.15, -0.1) is 0 Å². The SMILES string of the molecule is Cc1ccnc(NC(=O)c2cc(C)ccc2N)c1. The summed E-state index contributed by atoms with van der Waals surface area (Å²) in [7, 11) is 0. The van der Waals surface area contributed by atoms with Gasteiger partial charge in [-0.3, -0.25) is 4.79 Å². The molecular formula is C14H15N3O. The Bertz CT molecular complexity index is 593. The van der Waals surface area contributed by atoms with E-state index in [9.17, 15) is 4.79 Å². The minimum absolute atomic E-state index is 0.241. The van der Waals surface area contributed by atoms with Crippen LogP contribution < -0.4 is 11.1 Å². The number of anilines is 2. The van der Waals surface area contributed by atoms with E-state index in [0.29, 0.717) is 17.1 Å². The second-order valence-electron chi connectivity index (χ2n) is 4.26. The van der Waals surface area contributed by atoms with Crippen molar-refractivity contribution >= 4 is 17.4 Å². The van der Waals surface area contributed by atoms with Crippen molar-refractivity contribution in [3.8, 4) is 0 Å². The van der Waals surface area contributed by atoms with Crippen molar-refractivity contribution in [2.24, 2.45) is 0 Å². The van der Waals surface area contributed by atoms with Crippen LogP contribution in [0, 0.1) is 13.8 Å². The monoisotopic (exact) mass is 241 g/mol. The third kappa shape index (κ3) is 2.66. The van der Waals surface area contributed by atoms with Gasteiger partial charge in [0.2, 0.25) is 0 Å². The molecule has 1 amide bonds. The van der Waals surface area contributed by atoms with Crippen molar-refractivity contribution in [2.45, 2.75) is 13.8 Å². The summed E-state index contributed by atoms with van der Waals surface area (Å²) in [6.07, 6.45) is 1.66. The van der Waals surface area contributed by atoms with Gasteiger partial charge in [-0.25, -0.2) is 4.98 Å². The molecular weight excluding hydrogens is 226 g/mol. The standard InChI is InChI=1S/C14H15N3O/c1-9-3-4-12(15)11(7-9)14(18)17-13-8-10(2)5-6-16-13/h3-8H,15H2,1-2H3,(H,16,17,18). The minimum Gasteiger partial charge on any atom is -0.398 e. The summed E-state index contributed by atoms with van der Waals surface area (Å²) < 4.78 is 0. The average Bonchev–Trinajstić information content (AvgIpc) is 2.32. The molecule has 0 radical (unpaired) electrons. The molecule has 0 saturated heterocycles. The van der Waals surface area contributed by atoms with E-state index >= 15 is 0 Å². The number of carbonyl (C=O) groups excluding carboxylic acids is 1. The lowest BCUT2D eigenvalue weighted by atomic mass is 10.1. The first-order valence-electron chi connectivity index (χ1n) is 5.66. The molecule has 0 saturated carbocycles. The number of benzene rings is 1. The number of nitrogens with zero attached hydrogens (tertiary/aromatic N) is 1. The lowest BCUT2D eigenvalue weighted by molar-refractivity contribution is 0.102. The fraction of sp³-hybridized carbons (Fsp3) is 0.143. The van der Waals surface area contributed by atoms with Crippen LogP contribution in [-0.2, 0) is 0 Å². The number of rotatable bonds is 2. The van der Waals surface area contributed by atoms with E-state index in [4.69, 9.17) is 5.73 Å². The van der Waals surface area contributed by atoms with E-state index in [0.717, 1.165) is 11.1 Å². The van der Waals surface area contributed by atoms with Crippen molar-refractivity contribution in [2.75, 3.05) is 11.1 Å². The lowest BCUT2D eigenvalue weighted by Gasteiger charge is -2.08. The molecule has 0 aliphatic carbocycles. The summed E-state index contributed by atoms with van der Waals surface area (Å²) in [6, 6.07) is 9.05. The first-order chi connectivity index (χ1) is 8.56. The molecule has 0 bridgehead atoms. The maximum atomic E-state index is 12.1. The van der Waals surface area contributed by atoms with Crippen LogP contribution in [0.4, 0.5) is 11.5 Å². The molecule has 4 nitrogen and oxygen atoms in total. The number of aryl methyl sites for hydroxylation is 2. The van der Waals surface area contributed by atoms with Gasteiger partial charge in [0.05, 0.1) is 5.56 Å². The maximum Gasteiger partial charge on any atom is 0.258 e. The number of nitrogen functional groups attached to an aromatic ring is 1. The van der Waals surface area contributed by atoms with Crippen LogP contribution in [0.5, 0.6) is 0 Å². The fourth-order valence-corrected chi connectivity index (χ4v) is 1.65. The number of amides is 1. The van der Waals surface area contributed by atoms with E-state index < -0.39 is 0 Å². The second kappa shape index (κ2) is 4.87. The van der Waals surface area contributed by atoms with Crippen molar-refractivity contribution in [1.29, 1.82) is 0 Å². The van der Waals surface area contributed by atoms with E-state index in [1.54, 1.807) is 18.3 Å². The first kappa shape index (κ1) is 12.1.